The summed E-state index contributed by atoms with van der Waals surface area (Å²) in [6.45, 7) is -0.128. The van der Waals surface area contributed by atoms with Gasteiger partial charge >= 0.3 is 0 Å². The average Bonchev–Trinajstić information content (AvgIpc) is 2.49. The zero-order valence-corrected chi connectivity index (χ0v) is 11.9. The third kappa shape index (κ3) is 4.05. The van der Waals surface area contributed by atoms with Crippen LogP contribution >= 0.6 is 11.6 Å². The highest BCUT2D eigenvalue weighted by Gasteiger charge is 2.10. The van der Waals surface area contributed by atoms with Crippen LogP contribution in [0.1, 0.15) is 10.4 Å². The molecule has 0 fully saturated rings. The van der Waals surface area contributed by atoms with Crippen molar-refractivity contribution in [1.82, 2.24) is 0 Å². The van der Waals surface area contributed by atoms with E-state index in [0.717, 1.165) is 0 Å². The summed E-state index contributed by atoms with van der Waals surface area (Å²) in [6, 6.07) is 13.5. The van der Waals surface area contributed by atoms with Crippen LogP contribution < -0.4 is 16.4 Å². The summed E-state index contributed by atoms with van der Waals surface area (Å²) in [7, 11) is 0. The fourth-order valence-electron chi connectivity index (χ4n) is 1.73. The molecule has 108 valence electrons. The number of carbonyl (C=O) groups is 2. The molecule has 0 unspecified atom stereocenters. The fraction of sp³-hybridized carbons (Fsp3) is 0.0667. The normalized spacial score (nSPS) is 10.0. The molecule has 2 aromatic carbocycles. The molecular weight excluding hydrogens is 290 g/mol. The van der Waals surface area contributed by atoms with Crippen LogP contribution in [0, 0.1) is 0 Å². The Hall–Kier alpha value is -2.37. The van der Waals surface area contributed by atoms with Crippen LogP contribution in [0.15, 0.2) is 48.5 Å². The highest BCUT2D eigenvalue weighted by Crippen LogP contribution is 2.22. The van der Waals surface area contributed by atoms with Gasteiger partial charge in [-0.1, -0.05) is 29.8 Å². The van der Waals surface area contributed by atoms with Crippen molar-refractivity contribution in [2.24, 2.45) is 5.73 Å². The Kier molecular flexibility index (Phi) is 4.92. The molecule has 0 spiro atoms. The third-order valence-electron chi connectivity index (χ3n) is 2.72. The standard InChI is InChI=1S/C15H14ClN3O2/c16-11-5-3-4-10(8-11)15(21)19-13-7-2-1-6-12(13)18-14(20)9-17/h1-8H,9,17H2,(H,18,20)(H,19,21). The van der Waals surface area contributed by atoms with Crippen molar-refractivity contribution in [3.63, 3.8) is 0 Å². The molecule has 21 heavy (non-hydrogen) atoms. The number of anilines is 2. The highest BCUT2D eigenvalue weighted by molar-refractivity contribution is 6.31. The first-order valence-electron chi connectivity index (χ1n) is 6.26. The summed E-state index contributed by atoms with van der Waals surface area (Å²) < 4.78 is 0. The molecule has 0 saturated carbocycles. The number of hydrogen-bond donors (Lipinski definition) is 3. The van der Waals surface area contributed by atoms with Gasteiger partial charge in [0.2, 0.25) is 5.91 Å². The lowest BCUT2D eigenvalue weighted by atomic mass is 10.2. The smallest absolute Gasteiger partial charge is 0.255 e. The maximum absolute atomic E-state index is 12.2. The first kappa shape index (κ1) is 15.0. The second kappa shape index (κ2) is 6.88. The predicted octanol–water partition coefficient (Wildman–Crippen LogP) is 2.49. The quantitative estimate of drug-likeness (QED) is 0.811. The number of carbonyl (C=O) groups excluding carboxylic acids is 2. The van der Waals surface area contributed by atoms with E-state index in [1.54, 1.807) is 48.5 Å². The second-order valence-electron chi connectivity index (χ2n) is 4.26. The van der Waals surface area contributed by atoms with Gasteiger partial charge in [0, 0.05) is 10.6 Å². The Bertz CT molecular complexity index is 673. The molecule has 0 aliphatic rings. The van der Waals surface area contributed by atoms with E-state index in [2.05, 4.69) is 10.6 Å². The monoisotopic (exact) mass is 303 g/mol. The largest absolute Gasteiger partial charge is 0.323 e. The minimum Gasteiger partial charge on any atom is -0.323 e. The maximum Gasteiger partial charge on any atom is 0.255 e. The zero-order valence-electron chi connectivity index (χ0n) is 11.1. The predicted molar refractivity (Wildman–Crippen MR) is 83.5 cm³/mol. The van der Waals surface area contributed by atoms with Crippen LogP contribution in [0.2, 0.25) is 5.02 Å². The Morgan fingerprint density at radius 2 is 1.67 bits per heavy atom. The van der Waals surface area contributed by atoms with Gasteiger partial charge in [-0.25, -0.2) is 0 Å². The van der Waals surface area contributed by atoms with Crippen LogP contribution in [0.25, 0.3) is 0 Å². The summed E-state index contributed by atoms with van der Waals surface area (Å²) >= 11 is 5.86. The first-order valence-corrected chi connectivity index (χ1v) is 6.64. The molecule has 0 radical (unpaired) electrons. The number of amides is 2. The van der Waals surface area contributed by atoms with E-state index in [4.69, 9.17) is 17.3 Å². The van der Waals surface area contributed by atoms with Crippen LogP contribution in [0.5, 0.6) is 0 Å². The van der Waals surface area contributed by atoms with Crippen molar-refractivity contribution in [2.45, 2.75) is 0 Å². The van der Waals surface area contributed by atoms with Crippen LogP contribution in [-0.4, -0.2) is 18.4 Å². The van der Waals surface area contributed by atoms with E-state index < -0.39 is 0 Å². The Labute approximate surface area is 127 Å². The van der Waals surface area contributed by atoms with Crippen molar-refractivity contribution >= 4 is 34.8 Å². The lowest BCUT2D eigenvalue weighted by Gasteiger charge is -2.11. The number of para-hydroxylation sites is 2. The van der Waals surface area contributed by atoms with Gasteiger partial charge in [0.05, 0.1) is 17.9 Å². The number of nitrogens with two attached hydrogens (primary N) is 1. The second-order valence-corrected chi connectivity index (χ2v) is 4.70. The number of nitrogens with one attached hydrogen (secondary N) is 2. The highest BCUT2D eigenvalue weighted by atomic mass is 35.5. The van der Waals surface area contributed by atoms with Gasteiger partial charge in [0.1, 0.15) is 0 Å². The molecule has 0 bridgehead atoms. The number of benzene rings is 2. The van der Waals surface area contributed by atoms with Crippen molar-refractivity contribution in [2.75, 3.05) is 17.2 Å². The zero-order chi connectivity index (χ0) is 15.2. The van der Waals surface area contributed by atoms with Gasteiger partial charge in [0.15, 0.2) is 0 Å². The average molecular weight is 304 g/mol. The van der Waals surface area contributed by atoms with Gasteiger partial charge in [-0.2, -0.15) is 0 Å². The summed E-state index contributed by atoms with van der Waals surface area (Å²) in [6.07, 6.45) is 0. The first-order chi connectivity index (χ1) is 10.1. The molecule has 0 aliphatic heterocycles. The van der Waals surface area contributed by atoms with Crippen LogP contribution in [-0.2, 0) is 4.79 Å². The SMILES string of the molecule is NCC(=O)Nc1ccccc1NC(=O)c1cccc(Cl)c1. The Morgan fingerprint density at radius 3 is 2.29 bits per heavy atom. The van der Waals surface area contributed by atoms with Crippen LogP contribution in [0.3, 0.4) is 0 Å². The van der Waals surface area contributed by atoms with E-state index in [9.17, 15) is 9.59 Å². The van der Waals surface area contributed by atoms with E-state index in [-0.39, 0.29) is 18.4 Å². The van der Waals surface area contributed by atoms with Crippen molar-refractivity contribution in [1.29, 1.82) is 0 Å². The van der Waals surface area contributed by atoms with E-state index in [1.807, 2.05) is 0 Å². The van der Waals surface area contributed by atoms with Crippen molar-refractivity contribution < 1.29 is 9.59 Å². The molecule has 2 amide bonds. The molecule has 6 heteroatoms. The molecule has 4 N–H and O–H groups in total. The van der Waals surface area contributed by atoms with Gasteiger partial charge in [-0.05, 0) is 30.3 Å². The van der Waals surface area contributed by atoms with Crippen molar-refractivity contribution in [3.8, 4) is 0 Å². The van der Waals surface area contributed by atoms with E-state index in [1.165, 1.54) is 0 Å². The number of rotatable bonds is 4. The molecule has 0 aromatic heterocycles. The molecular formula is C15H14ClN3O2. The Balaban J connectivity index is 2.19. The van der Waals surface area contributed by atoms with Gasteiger partial charge in [0.25, 0.3) is 5.91 Å². The minimum atomic E-state index is -0.334. The fourth-order valence-corrected chi connectivity index (χ4v) is 1.92. The number of hydrogen-bond acceptors (Lipinski definition) is 3. The maximum atomic E-state index is 12.2. The molecule has 5 nitrogen and oxygen atoms in total. The van der Waals surface area contributed by atoms with E-state index in [0.29, 0.717) is 22.0 Å². The van der Waals surface area contributed by atoms with E-state index >= 15 is 0 Å². The third-order valence-corrected chi connectivity index (χ3v) is 2.96. The van der Waals surface area contributed by atoms with Gasteiger partial charge in [-0.15, -0.1) is 0 Å². The lowest BCUT2D eigenvalue weighted by Crippen LogP contribution is -2.23. The molecule has 2 rings (SSSR count). The molecule has 0 aliphatic carbocycles. The Morgan fingerprint density at radius 1 is 1.00 bits per heavy atom. The molecule has 2 aromatic rings. The molecule has 0 heterocycles. The van der Waals surface area contributed by atoms with Gasteiger partial charge < -0.3 is 16.4 Å². The molecule has 0 saturated heterocycles. The number of halogens is 1. The lowest BCUT2D eigenvalue weighted by molar-refractivity contribution is -0.114. The van der Waals surface area contributed by atoms with Crippen molar-refractivity contribution in [3.05, 3.63) is 59.1 Å². The summed E-state index contributed by atoms with van der Waals surface area (Å²) in [5.74, 6) is -0.647. The molecule has 0 atom stereocenters. The summed E-state index contributed by atoms with van der Waals surface area (Å²) in [5, 5.41) is 5.83. The van der Waals surface area contributed by atoms with Gasteiger partial charge in [-0.3, -0.25) is 9.59 Å². The van der Waals surface area contributed by atoms with Crippen LogP contribution in [0.4, 0.5) is 11.4 Å². The topological polar surface area (TPSA) is 84.2 Å². The summed E-state index contributed by atoms with van der Waals surface area (Å²) in [5.41, 5.74) is 6.68. The summed E-state index contributed by atoms with van der Waals surface area (Å²) in [4.78, 5) is 23.5. The minimum absolute atomic E-state index is 0.128.